The summed E-state index contributed by atoms with van der Waals surface area (Å²) in [4.78, 5) is 11.6. The number of carbonyl (C=O) groups is 1. The minimum absolute atomic E-state index is 0.231. The molecule has 2 rings (SSSR count). The van der Waals surface area contributed by atoms with Crippen LogP contribution in [0, 0.1) is 11.3 Å². The van der Waals surface area contributed by atoms with E-state index in [-0.39, 0.29) is 11.1 Å². The first-order chi connectivity index (χ1) is 7.50. The molecular formula is C11H7ClN2O2. The lowest BCUT2D eigenvalue weighted by atomic mass is 9.89. The predicted molar refractivity (Wildman–Crippen MR) is 58.7 cm³/mol. The molecule has 0 fully saturated rings. The van der Waals surface area contributed by atoms with Crippen LogP contribution in [0.25, 0.3) is 0 Å². The van der Waals surface area contributed by atoms with Gasteiger partial charge in [0.05, 0.1) is 11.6 Å². The fourth-order valence-electron chi connectivity index (χ4n) is 1.64. The van der Waals surface area contributed by atoms with Crippen LogP contribution in [-0.2, 0) is 10.4 Å². The van der Waals surface area contributed by atoms with E-state index in [0.717, 1.165) is 0 Å². The van der Waals surface area contributed by atoms with E-state index in [2.05, 4.69) is 11.9 Å². The molecule has 1 aromatic carbocycles. The Bertz CT molecular complexity index is 547. The van der Waals surface area contributed by atoms with E-state index in [0.29, 0.717) is 10.7 Å². The lowest BCUT2D eigenvalue weighted by molar-refractivity contribution is -0.129. The molecule has 0 spiro atoms. The van der Waals surface area contributed by atoms with Crippen molar-refractivity contribution in [3.63, 3.8) is 0 Å². The Morgan fingerprint density at radius 2 is 2.31 bits per heavy atom. The molecule has 0 aromatic heterocycles. The van der Waals surface area contributed by atoms with Crippen LogP contribution in [-0.4, -0.2) is 11.0 Å². The van der Waals surface area contributed by atoms with Gasteiger partial charge in [0.1, 0.15) is 0 Å². The average Bonchev–Trinajstić information content (AvgIpc) is 2.52. The quantitative estimate of drug-likeness (QED) is 0.725. The molecule has 1 aliphatic heterocycles. The molecular weight excluding hydrogens is 228 g/mol. The van der Waals surface area contributed by atoms with Crippen molar-refractivity contribution in [3.05, 3.63) is 40.9 Å². The van der Waals surface area contributed by atoms with Crippen molar-refractivity contribution in [3.8, 4) is 6.07 Å². The van der Waals surface area contributed by atoms with E-state index in [1.165, 1.54) is 6.07 Å². The van der Waals surface area contributed by atoms with Crippen LogP contribution in [0.4, 0.5) is 5.69 Å². The molecule has 1 heterocycles. The molecule has 80 valence electrons. The van der Waals surface area contributed by atoms with Crippen molar-refractivity contribution in [2.24, 2.45) is 0 Å². The molecule has 0 aliphatic carbocycles. The van der Waals surface area contributed by atoms with Crippen LogP contribution in [0.15, 0.2) is 30.4 Å². The monoisotopic (exact) mass is 234 g/mol. The maximum absolute atomic E-state index is 11.6. The molecule has 1 aromatic rings. The summed E-state index contributed by atoms with van der Waals surface area (Å²) in [5.41, 5.74) is -1.54. The molecule has 1 atom stereocenters. The summed E-state index contributed by atoms with van der Waals surface area (Å²) in [5.74, 6) is -0.684. The molecule has 2 N–H and O–H groups in total. The van der Waals surface area contributed by atoms with E-state index in [4.69, 9.17) is 16.9 Å². The number of nitrogens with zero attached hydrogens (tertiary/aromatic N) is 1. The largest absolute Gasteiger partial charge is 0.371 e. The summed E-state index contributed by atoms with van der Waals surface area (Å²) < 4.78 is 0. The molecule has 0 saturated heterocycles. The molecule has 16 heavy (non-hydrogen) atoms. The molecule has 0 saturated carbocycles. The van der Waals surface area contributed by atoms with Gasteiger partial charge in [-0.1, -0.05) is 18.2 Å². The zero-order chi connectivity index (χ0) is 11.9. The molecule has 1 aliphatic rings. The first-order valence-electron chi connectivity index (χ1n) is 4.43. The highest BCUT2D eigenvalue weighted by Crippen LogP contribution is 2.41. The maximum Gasteiger partial charge on any atom is 0.266 e. The Labute approximate surface area is 96.8 Å². The second-order valence-electron chi connectivity index (χ2n) is 3.44. The molecule has 4 nitrogen and oxygen atoms in total. The fourth-order valence-corrected chi connectivity index (χ4v) is 1.81. The van der Waals surface area contributed by atoms with Crippen LogP contribution in [0.2, 0.25) is 5.02 Å². The Balaban J connectivity index is 2.68. The zero-order valence-corrected chi connectivity index (χ0v) is 8.88. The van der Waals surface area contributed by atoms with Crippen LogP contribution in [0.3, 0.4) is 0 Å². The van der Waals surface area contributed by atoms with Crippen molar-refractivity contribution in [1.29, 1.82) is 5.26 Å². The summed E-state index contributed by atoms with van der Waals surface area (Å²) in [5, 5.41) is 21.8. The van der Waals surface area contributed by atoms with Crippen LogP contribution in [0.5, 0.6) is 0 Å². The third-order valence-corrected chi connectivity index (χ3v) is 2.76. The smallest absolute Gasteiger partial charge is 0.266 e. The van der Waals surface area contributed by atoms with Gasteiger partial charge in [0.25, 0.3) is 5.91 Å². The molecule has 0 bridgehead atoms. The van der Waals surface area contributed by atoms with Gasteiger partial charge in [0, 0.05) is 16.3 Å². The Hall–Kier alpha value is -1.83. The molecule has 5 heteroatoms. The van der Waals surface area contributed by atoms with Gasteiger partial charge >= 0.3 is 0 Å². The standard InChI is InChI=1S/C11H7ClN2O2/c1-6(5-13)11(16)8-4-7(12)2-3-9(8)14-10(11)15/h2-4,16H,1H2,(H,14,15). The second kappa shape index (κ2) is 3.34. The van der Waals surface area contributed by atoms with Gasteiger partial charge in [-0.3, -0.25) is 4.79 Å². The van der Waals surface area contributed by atoms with Crippen molar-refractivity contribution < 1.29 is 9.90 Å². The van der Waals surface area contributed by atoms with Gasteiger partial charge in [-0.25, -0.2) is 0 Å². The number of hydrogen-bond donors (Lipinski definition) is 2. The normalized spacial score (nSPS) is 22.2. The Morgan fingerprint density at radius 1 is 1.62 bits per heavy atom. The van der Waals surface area contributed by atoms with Crippen molar-refractivity contribution >= 4 is 23.2 Å². The van der Waals surface area contributed by atoms with Gasteiger partial charge in [-0.2, -0.15) is 5.26 Å². The highest BCUT2D eigenvalue weighted by molar-refractivity contribution is 6.31. The number of aliphatic hydroxyl groups is 1. The number of hydrogen-bond acceptors (Lipinski definition) is 3. The number of anilines is 1. The first kappa shape index (κ1) is 10.7. The number of nitriles is 1. The number of fused-ring (bicyclic) bond motifs is 1. The number of nitrogens with one attached hydrogen (secondary N) is 1. The predicted octanol–water partition coefficient (Wildman–Crippen LogP) is 1.56. The topological polar surface area (TPSA) is 73.1 Å². The molecule has 1 unspecified atom stereocenters. The molecule has 0 radical (unpaired) electrons. The Kier molecular flexibility index (Phi) is 2.23. The lowest BCUT2D eigenvalue weighted by Gasteiger charge is -2.18. The SMILES string of the molecule is C=C(C#N)C1(O)C(=O)Nc2ccc(Cl)cc21. The number of benzene rings is 1. The van der Waals surface area contributed by atoms with Crippen LogP contribution in [0.1, 0.15) is 5.56 Å². The van der Waals surface area contributed by atoms with E-state index in [1.807, 2.05) is 0 Å². The zero-order valence-electron chi connectivity index (χ0n) is 8.12. The highest BCUT2D eigenvalue weighted by Gasteiger charge is 2.48. The number of amides is 1. The van der Waals surface area contributed by atoms with Crippen molar-refractivity contribution in [2.45, 2.75) is 5.60 Å². The van der Waals surface area contributed by atoms with Gasteiger partial charge in [0.2, 0.25) is 5.60 Å². The highest BCUT2D eigenvalue weighted by atomic mass is 35.5. The Morgan fingerprint density at radius 3 is 2.94 bits per heavy atom. The number of halogens is 1. The third-order valence-electron chi connectivity index (χ3n) is 2.52. The average molecular weight is 235 g/mol. The molecule has 1 amide bonds. The van der Waals surface area contributed by atoms with Crippen molar-refractivity contribution in [1.82, 2.24) is 0 Å². The number of carbonyl (C=O) groups excluding carboxylic acids is 1. The minimum Gasteiger partial charge on any atom is -0.371 e. The van der Waals surface area contributed by atoms with Gasteiger partial charge < -0.3 is 10.4 Å². The van der Waals surface area contributed by atoms with Gasteiger partial charge in [-0.05, 0) is 18.2 Å². The second-order valence-corrected chi connectivity index (χ2v) is 3.88. The van der Waals surface area contributed by atoms with Crippen LogP contribution >= 0.6 is 11.6 Å². The van der Waals surface area contributed by atoms with E-state index in [9.17, 15) is 9.90 Å². The minimum atomic E-state index is -2.00. The van der Waals surface area contributed by atoms with E-state index < -0.39 is 11.5 Å². The summed E-state index contributed by atoms with van der Waals surface area (Å²) >= 11 is 5.78. The maximum atomic E-state index is 11.6. The first-order valence-corrected chi connectivity index (χ1v) is 4.81. The summed E-state index contributed by atoms with van der Waals surface area (Å²) in [7, 11) is 0. The summed E-state index contributed by atoms with van der Waals surface area (Å²) in [6.45, 7) is 3.39. The van der Waals surface area contributed by atoms with E-state index >= 15 is 0 Å². The van der Waals surface area contributed by atoms with Crippen molar-refractivity contribution in [2.75, 3.05) is 5.32 Å². The number of rotatable bonds is 1. The van der Waals surface area contributed by atoms with Gasteiger partial charge in [0.15, 0.2) is 0 Å². The van der Waals surface area contributed by atoms with Crippen LogP contribution < -0.4 is 5.32 Å². The summed E-state index contributed by atoms with van der Waals surface area (Å²) in [6.07, 6.45) is 0. The van der Waals surface area contributed by atoms with Gasteiger partial charge in [-0.15, -0.1) is 0 Å². The van der Waals surface area contributed by atoms with E-state index in [1.54, 1.807) is 18.2 Å². The lowest BCUT2D eigenvalue weighted by Crippen LogP contribution is -2.35. The third kappa shape index (κ3) is 1.23. The summed E-state index contributed by atoms with van der Waals surface area (Å²) in [6, 6.07) is 6.28. The fraction of sp³-hybridized carbons (Fsp3) is 0.0909.